The van der Waals surface area contributed by atoms with Gasteiger partial charge in [0.25, 0.3) is 0 Å². The van der Waals surface area contributed by atoms with E-state index in [1.54, 1.807) is 0 Å². The first-order chi connectivity index (χ1) is 6.68. The molecule has 0 radical (unpaired) electrons. The minimum absolute atomic E-state index is 0.0679. The SMILES string of the molecule is C[C@@H](N)c1ccc2c(Cl)cccc2c1. The Labute approximate surface area is 88.5 Å². The Kier molecular flexibility index (Phi) is 2.44. The zero-order valence-corrected chi connectivity index (χ0v) is 8.75. The molecule has 2 aromatic carbocycles. The summed E-state index contributed by atoms with van der Waals surface area (Å²) >= 11 is 6.06. The Bertz CT molecular complexity index is 463. The van der Waals surface area contributed by atoms with Gasteiger partial charge >= 0.3 is 0 Å². The van der Waals surface area contributed by atoms with Gasteiger partial charge in [-0.15, -0.1) is 0 Å². The smallest absolute Gasteiger partial charge is 0.0484 e. The van der Waals surface area contributed by atoms with E-state index in [-0.39, 0.29) is 6.04 Å². The normalized spacial score (nSPS) is 13.1. The summed E-state index contributed by atoms with van der Waals surface area (Å²) in [6.07, 6.45) is 0. The second-order valence-corrected chi connectivity index (χ2v) is 3.92. The van der Waals surface area contributed by atoms with Crippen LogP contribution in [0.3, 0.4) is 0 Å². The lowest BCUT2D eigenvalue weighted by Crippen LogP contribution is -2.04. The molecular formula is C12H12ClN. The van der Waals surface area contributed by atoms with Crippen molar-refractivity contribution in [1.29, 1.82) is 0 Å². The Morgan fingerprint density at radius 1 is 1.21 bits per heavy atom. The molecule has 2 rings (SSSR count). The van der Waals surface area contributed by atoms with Crippen LogP contribution < -0.4 is 5.73 Å². The number of halogens is 1. The van der Waals surface area contributed by atoms with E-state index in [1.165, 1.54) is 0 Å². The van der Waals surface area contributed by atoms with Gasteiger partial charge in [0.1, 0.15) is 0 Å². The second-order valence-electron chi connectivity index (χ2n) is 3.51. The largest absolute Gasteiger partial charge is 0.324 e. The van der Waals surface area contributed by atoms with Crippen molar-refractivity contribution < 1.29 is 0 Å². The van der Waals surface area contributed by atoms with Gasteiger partial charge in [0, 0.05) is 16.5 Å². The van der Waals surface area contributed by atoms with Gasteiger partial charge in [-0.1, -0.05) is 35.9 Å². The van der Waals surface area contributed by atoms with Crippen molar-refractivity contribution >= 4 is 22.4 Å². The highest BCUT2D eigenvalue weighted by atomic mass is 35.5. The molecule has 0 aromatic heterocycles. The highest BCUT2D eigenvalue weighted by molar-refractivity contribution is 6.35. The fourth-order valence-corrected chi connectivity index (χ4v) is 1.79. The lowest BCUT2D eigenvalue weighted by atomic mass is 10.0. The van der Waals surface area contributed by atoms with Crippen molar-refractivity contribution in [3.8, 4) is 0 Å². The first-order valence-corrected chi connectivity index (χ1v) is 5.00. The van der Waals surface area contributed by atoms with Crippen LogP contribution in [0.4, 0.5) is 0 Å². The predicted molar refractivity (Wildman–Crippen MR) is 61.6 cm³/mol. The van der Waals surface area contributed by atoms with Crippen molar-refractivity contribution in [3.05, 3.63) is 47.0 Å². The highest BCUT2D eigenvalue weighted by Gasteiger charge is 2.02. The number of fused-ring (bicyclic) bond motifs is 1. The predicted octanol–water partition coefficient (Wildman–Crippen LogP) is 3.51. The van der Waals surface area contributed by atoms with Gasteiger partial charge in [0.15, 0.2) is 0 Å². The molecule has 0 amide bonds. The van der Waals surface area contributed by atoms with Crippen LogP contribution in [-0.4, -0.2) is 0 Å². The molecule has 0 fully saturated rings. The maximum atomic E-state index is 6.06. The van der Waals surface area contributed by atoms with Crippen molar-refractivity contribution in [2.75, 3.05) is 0 Å². The maximum Gasteiger partial charge on any atom is 0.0484 e. The summed E-state index contributed by atoms with van der Waals surface area (Å²) in [5.41, 5.74) is 6.95. The lowest BCUT2D eigenvalue weighted by molar-refractivity contribution is 0.820. The van der Waals surface area contributed by atoms with Gasteiger partial charge in [0.2, 0.25) is 0 Å². The monoisotopic (exact) mass is 205 g/mol. The molecular weight excluding hydrogens is 194 g/mol. The van der Waals surface area contributed by atoms with Crippen LogP contribution >= 0.6 is 11.6 Å². The quantitative estimate of drug-likeness (QED) is 0.758. The molecule has 2 aromatic rings. The van der Waals surface area contributed by atoms with E-state index in [2.05, 4.69) is 6.07 Å². The third-order valence-corrected chi connectivity index (χ3v) is 2.71. The van der Waals surface area contributed by atoms with Crippen LogP contribution in [0, 0.1) is 0 Å². The third-order valence-electron chi connectivity index (χ3n) is 2.38. The number of hydrogen-bond acceptors (Lipinski definition) is 1. The van der Waals surface area contributed by atoms with Gasteiger partial charge in [0.05, 0.1) is 0 Å². The first kappa shape index (κ1) is 9.50. The third kappa shape index (κ3) is 1.61. The molecule has 0 aliphatic carbocycles. The Morgan fingerprint density at radius 3 is 2.71 bits per heavy atom. The molecule has 0 bridgehead atoms. The minimum Gasteiger partial charge on any atom is -0.324 e. The molecule has 0 saturated heterocycles. The fraction of sp³-hybridized carbons (Fsp3) is 0.167. The van der Waals surface area contributed by atoms with E-state index in [1.807, 2.05) is 37.3 Å². The number of benzene rings is 2. The van der Waals surface area contributed by atoms with Crippen LogP contribution in [0.15, 0.2) is 36.4 Å². The summed E-state index contributed by atoms with van der Waals surface area (Å²) in [7, 11) is 0. The Hall–Kier alpha value is -1.05. The summed E-state index contributed by atoms with van der Waals surface area (Å²) < 4.78 is 0. The summed E-state index contributed by atoms with van der Waals surface area (Å²) in [6, 6.07) is 12.1. The Morgan fingerprint density at radius 2 is 2.00 bits per heavy atom. The summed E-state index contributed by atoms with van der Waals surface area (Å²) in [5, 5.41) is 3.02. The van der Waals surface area contributed by atoms with E-state index in [0.717, 1.165) is 21.4 Å². The fourth-order valence-electron chi connectivity index (χ4n) is 1.55. The maximum absolute atomic E-state index is 6.06. The topological polar surface area (TPSA) is 26.0 Å². The average molecular weight is 206 g/mol. The van der Waals surface area contributed by atoms with Crippen LogP contribution in [0.5, 0.6) is 0 Å². The van der Waals surface area contributed by atoms with Gasteiger partial charge in [-0.05, 0) is 30.0 Å². The summed E-state index contributed by atoms with van der Waals surface area (Å²) in [6.45, 7) is 1.98. The molecule has 0 unspecified atom stereocenters. The van der Waals surface area contributed by atoms with Gasteiger partial charge in [-0.25, -0.2) is 0 Å². The molecule has 2 N–H and O–H groups in total. The van der Waals surface area contributed by atoms with Crippen LogP contribution in [-0.2, 0) is 0 Å². The lowest BCUT2D eigenvalue weighted by Gasteiger charge is -2.07. The molecule has 72 valence electrons. The zero-order chi connectivity index (χ0) is 10.1. The van der Waals surface area contributed by atoms with Crippen molar-refractivity contribution in [3.63, 3.8) is 0 Å². The number of nitrogens with two attached hydrogens (primary N) is 1. The number of rotatable bonds is 1. The molecule has 1 atom stereocenters. The molecule has 0 aliphatic heterocycles. The highest BCUT2D eigenvalue weighted by Crippen LogP contribution is 2.25. The van der Waals surface area contributed by atoms with Crippen molar-refractivity contribution in [1.82, 2.24) is 0 Å². The molecule has 1 nitrogen and oxygen atoms in total. The molecule has 0 saturated carbocycles. The Balaban J connectivity index is 2.67. The first-order valence-electron chi connectivity index (χ1n) is 4.62. The molecule has 0 spiro atoms. The van der Waals surface area contributed by atoms with Gasteiger partial charge in [-0.2, -0.15) is 0 Å². The van der Waals surface area contributed by atoms with E-state index in [4.69, 9.17) is 17.3 Å². The van der Waals surface area contributed by atoms with E-state index >= 15 is 0 Å². The van der Waals surface area contributed by atoms with Crippen molar-refractivity contribution in [2.24, 2.45) is 5.73 Å². The zero-order valence-electron chi connectivity index (χ0n) is 8.00. The van der Waals surface area contributed by atoms with Gasteiger partial charge < -0.3 is 5.73 Å². The molecule has 2 heteroatoms. The molecule has 0 heterocycles. The average Bonchev–Trinajstić information content (AvgIpc) is 2.17. The molecule has 14 heavy (non-hydrogen) atoms. The van der Waals surface area contributed by atoms with E-state index in [9.17, 15) is 0 Å². The molecule has 0 aliphatic rings. The van der Waals surface area contributed by atoms with E-state index in [0.29, 0.717) is 0 Å². The van der Waals surface area contributed by atoms with Crippen LogP contribution in [0.2, 0.25) is 5.02 Å². The van der Waals surface area contributed by atoms with E-state index < -0.39 is 0 Å². The van der Waals surface area contributed by atoms with Crippen LogP contribution in [0.25, 0.3) is 10.8 Å². The van der Waals surface area contributed by atoms with Crippen molar-refractivity contribution in [2.45, 2.75) is 13.0 Å². The standard InChI is InChI=1S/C12H12ClN/c1-8(14)9-5-6-11-10(7-9)3-2-4-12(11)13/h2-8H,14H2,1H3/t8-/m1/s1. The van der Waals surface area contributed by atoms with Gasteiger partial charge in [-0.3, -0.25) is 0 Å². The second kappa shape index (κ2) is 3.60. The number of hydrogen-bond donors (Lipinski definition) is 1. The summed E-state index contributed by atoms with van der Waals surface area (Å²) in [5.74, 6) is 0. The van der Waals surface area contributed by atoms with Crippen LogP contribution in [0.1, 0.15) is 18.5 Å². The summed E-state index contributed by atoms with van der Waals surface area (Å²) in [4.78, 5) is 0. The minimum atomic E-state index is 0.0679.